The molecule has 1 unspecified atom stereocenters. The van der Waals surface area contributed by atoms with Gasteiger partial charge >= 0.3 is 0 Å². The van der Waals surface area contributed by atoms with Crippen LogP contribution in [-0.4, -0.2) is 23.5 Å². The maximum Gasteiger partial charge on any atom is 0.180 e. The van der Waals surface area contributed by atoms with E-state index in [2.05, 4.69) is 41.4 Å². The summed E-state index contributed by atoms with van der Waals surface area (Å²) in [5, 5.41) is 4.83. The molecule has 0 radical (unpaired) electrons. The number of thiazole rings is 1. The third-order valence-corrected chi connectivity index (χ3v) is 4.67. The molecule has 2 rings (SSSR count). The van der Waals surface area contributed by atoms with Crippen molar-refractivity contribution in [2.24, 2.45) is 0 Å². The lowest BCUT2D eigenvalue weighted by Gasteiger charge is -2.23. The SMILES string of the molecule is CC(c1cccs1)N(C)CCc1csc(N)n1. The summed E-state index contributed by atoms with van der Waals surface area (Å²) in [6, 6.07) is 4.75. The number of rotatable bonds is 5. The van der Waals surface area contributed by atoms with Crippen LogP contribution in [0.25, 0.3) is 0 Å². The largest absolute Gasteiger partial charge is 0.375 e. The van der Waals surface area contributed by atoms with Crippen molar-refractivity contribution >= 4 is 27.8 Å². The number of nitrogen functional groups attached to an aromatic ring is 1. The summed E-state index contributed by atoms with van der Waals surface area (Å²) >= 11 is 3.32. The van der Waals surface area contributed by atoms with Gasteiger partial charge in [0.05, 0.1) is 5.69 Å². The van der Waals surface area contributed by atoms with Crippen LogP contribution in [0.15, 0.2) is 22.9 Å². The fourth-order valence-electron chi connectivity index (χ4n) is 1.67. The van der Waals surface area contributed by atoms with Gasteiger partial charge in [-0.25, -0.2) is 4.98 Å². The van der Waals surface area contributed by atoms with Crippen molar-refractivity contribution in [2.45, 2.75) is 19.4 Å². The molecule has 92 valence electrons. The summed E-state index contributed by atoms with van der Waals surface area (Å²) in [4.78, 5) is 8.03. The van der Waals surface area contributed by atoms with Crippen LogP contribution >= 0.6 is 22.7 Å². The van der Waals surface area contributed by atoms with Crippen molar-refractivity contribution in [3.8, 4) is 0 Å². The second-order valence-corrected chi connectivity index (χ2v) is 5.97. The highest BCUT2D eigenvalue weighted by Gasteiger charge is 2.12. The first-order valence-electron chi connectivity index (χ1n) is 5.60. The van der Waals surface area contributed by atoms with E-state index in [1.54, 1.807) is 0 Å². The minimum atomic E-state index is 0.464. The minimum Gasteiger partial charge on any atom is -0.375 e. The summed E-state index contributed by atoms with van der Waals surface area (Å²) in [5.74, 6) is 0. The van der Waals surface area contributed by atoms with E-state index in [4.69, 9.17) is 5.73 Å². The summed E-state index contributed by atoms with van der Waals surface area (Å²) in [7, 11) is 2.15. The van der Waals surface area contributed by atoms with Gasteiger partial charge in [0.1, 0.15) is 0 Å². The fraction of sp³-hybridized carbons (Fsp3) is 0.417. The molecule has 2 N–H and O–H groups in total. The lowest BCUT2D eigenvalue weighted by atomic mass is 10.2. The van der Waals surface area contributed by atoms with Gasteiger partial charge in [0, 0.05) is 29.3 Å². The highest BCUT2D eigenvalue weighted by Crippen LogP contribution is 2.23. The van der Waals surface area contributed by atoms with E-state index >= 15 is 0 Å². The molecular formula is C12H17N3S2. The lowest BCUT2D eigenvalue weighted by molar-refractivity contribution is 0.267. The number of thiophene rings is 1. The summed E-state index contributed by atoms with van der Waals surface area (Å²) in [6.45, 7) is 3.24. The van der Waals surface area contributed by atoms with Gasteiger partial charge < -0.3 is 5.73 Å². The maximum atomic E-state index is 5.62. The van der Waals surface area contributed by atoms with Crippen LogP contribution in [0.4, 0.5) is 5.13 Å². The molecule has 0 bridgehead atoms. The molecule has 1 atom stereocenters. The first-order chi connectivity index (χ1) is 8.16. The molecule has 0 aliphatic heterocycles. The van der Waals surface area contributed by atoms with Crippen LogP contribution in [0.1, 0.15) is 23.5 Å². The van der Waals surface area contributed by atoms with Crippen LogP contribution in [0.3, 0.4) is 0 Å². The fourth-order valence-corrected chi connectivity index (χ4v) is 3.11. The highest BCUT2D eigenvalue weighted by molar-refractivity contribution is 7.13. The Bertz CT molecular complexity index is 450. The van der Waals surface area contributed by atoms with Crippen molar-refractivity contribution in [1.29, 1.82) is 0 Å². The van der Waals surface area contributed by atoms with Crippen LogP contribution < -0.4 is 5.73 Å². The number of anilines is 1. The zero-order valence-corrected chi connectivity index (χ0v) is 11.7. The molecule has 17 heavy (non-hydrogen) atoms. The van der Waals surface area contributed by atoms with Crippen molar-refractivity contribution in [2.75, 3.05) is 19.3 Å². The topological polar surface area (TPSA) is 42.1 Å². The van der Waals surface area contributed by atoms with E-state index in [1.807, 2.05) is 16.7 Å². The number of nitrogens with two attached hydrogens (primary N) is 1. The molecule has 0 saturated carbocycles. The van der Waals surface area contributed by atoms with E-state index in [1.165, 1.54) is 16.2 Å². The monoisotopic (exact) mass is 267 g/mol. The van der Waals surface area contributed by atoms with Crippen LogP contribution in [0.2, 0.25) is 0 Å². The Hall–Kier alpha value is -0.910. The molecule has 0 fully saturated rings. The highest BCUT2D eigenvalue weighted by atomic mass is 32.1. The average molecular weight is 267 g/mol. The molecule has 2 heterocycles. The summed E-state index contributed by atoms with van der Waals surface area (Å²) in [6.07, 6.45) is 0.958. The predicted octanol–water partition coefficient (Wildman–Crippen LogP) is 3.02. The zero-order valence-electron chi connectivity index (χ0n) is 10.1. The standard InChI is InChI=1S/C12H17N3S2/c1-9(11-4-3-7-16-11)15(2)6-5-10-8-17-12(13)14-10/h3-4,7-9H,5-6H2,1-2H3,(H2,13,14). The molecule has 0 aliphatic carbocycles. The van der Waals surface area contributed by atoms with Crippen molar-refractivity contribution in [3.05, 3.63) is 33.5 Å². The molecule has 0 amide bonds. The van der Waals surface area contributed by atoms with E-state index in [0.717, 1.165) is 18.7 Å². The molecule has 0 aromatic carbocycles. The molecule has 0 aliphatic rings. The molecule has 2 aromatic heterocycles. The van der Waals surface area contributed by atoms with Gasteiger partial charge in [-0.2, -0.15) is 0 Å². The minimum absolute atomic E-state index is 0.464. The zero-order chi connectivity index (χ0) is 12.3. The first-order valence-corrected chi connectivity index (χ1v) is 7.36. The van der Waals surface area contributed by atoms with Gasteiger partial charge in [-0.05, 0) is 25.4 Å². The number of nitrogens with zero attached hydrogens (tertiary/aromatic N) is 2. The van der Waals surface area contributed by atoms with Gasteiger partial charge in [-0.15, -0.1) is 22.7 Å². The molecule has 2 aromatic rings. The van der Waals surface area contributed by atoms with Gasteiger partial charge in [-0.3, -0.25) is 4.90 Å². The van der Waals surface area contributed by atoms with Crippen molar-refractivity contribution in [1.82, 2.24) is 9.88 Å². The first kappa shape index (κ1) is 12.5. The molecule has 3 nitrogen and oxygen atoms in total. The molecule has 0 spiro atoms. The van der Waals surface area contributed by atoms with Gasteiger partial charge in [0.15, 0.2) is 5.13 Å². The number of aromatic nitrogens is 1. The van der Waals surface area contributed by atoms with E-state index in [9.17, 15) is 0 Å². The Morgan fingerprint density at radius 3 is 2.88 bits per heavy atom. The molecular weight excluding hydrogens is 250 g/mol. The Morgan fingerprint density at radius 2 is 2.29 bits per heavy atom. The van der Waals surface area contributed by atoms with E-state index in [-0.39, 0.29) is 0 Å². The van der Waals surface area contributed by atoms with Crippen LogP contribution in [0.5, 0.6) is 0 Å². The Kier molecular flexibility index (Phi) is 4.15. The van der Waals surface area contributed by atoms with Gasteiger partial charge in [-0.1, -0.05) is 6.07 Å². The van der Waals surface area contributed by atoms with E-state index < -0.39 is 0 Å². The number of hydrogen-bond donors (Lipinski definition) is 1. The number of likely N-dealkylation sites (N-methyl/N-ethyl adjacent to an activating group) is 1. The summed E-state index contributed by atoms with van der Waals surface area (Å²) < 4.78 is 0. The average Bonchev–Trinajstić information content (AvgIpc) is 2.95. The van der Waals surface area contributed by atoms with Gasteiger partial charge in [0.2, 0.25) is 0 Å². The normalized spacial score (nSPS) is 13.1. The quantitative estimate of drug-likeness (QED) is 0.905. The maximum absolute atomic E-state index is 5.62. The Labute approximate surface area is 110 Å². The predicted molar refractivity (Wildman–Crippen MR) is 75.6 cm³/mol. The van der Waals surface area contributed by atoms with Crippen LogP contribution in [-0.2, 0) is 6.42 Å². The summed E-state index contributed by atoms with van der Waals surface area (Å²) in [5.41, 5.74) is 6.71. The smallest absolute Gasteiger partial charge is 0.180 e. The third kappa shape index (κ3) is 3.28. The molecule has 5 heteroatoms. The molecule has 0 saturated heterocycles. The van der Waals surface area contributed by atoms with Crippen molar-refractivity contribution < 1.29 is 0 Å². The van der Waals surface area contributed by atoms with Crippen molar-refractivity contribution in [3.63, 3.8) is 0 Å². The number of hydrogen-bond acceptors (Lipinski definition) is 5. The Balaban J connectivity index is 1.87. The van der Waals surface area contributed by atoms with Crippen LogP contribution in [0, 0.1) is 0 Å². The van der Waals surface area contributed by atoms with Gasteiger partial charge in [0.25, 0.3) is 0 Å². The Morgan fingerprint density at radius 1 is 1.47 bits per heavy atom. The van der Waals surface area contributed by atoms with E-state index in [0.29, 0.717) is 11.2 Å². The third-order valence-electron chi connectivity index (χ3n) is 2.91. The second kappa shape index (κ2) is 5.62. The lowest BCUT2D eigenvalue weighted by Crippen LogP contribution is -2.24. The second-order valence-electron chi connectivity index (χ2n) is 4.10.